The van der Waals surface area contributed by atoms with Crippen molar-refractivity contribution in [1.82, 2.24) is 15.1 Å². The predicted octanol–water partition coefficient (Wildman–Crippen LogP) is 1.03. The van der Waals surface area contributed by atoms with E-state index in [1.165, 1.54) is 0 Å². The number of hydrogen-bond acceptors (Lipinski definition) is 3. The maximum Gasteiger partial charge on any atom is 0.237 e. The first kappa shape index (κ1) is 14.7. The van der Waals surface area contributed by atoms with Gasteiger partial charge in [0.2, 0.25) is 5.91 Å². The average Bonchev–Trinajstić information content (AvgIpc) is 2.48. The number of nitrogens with zero attached hydrogens (tertiary/aromatic N) is 2. The molecule has 0 spiro atoms. The Balaban J connectivity index is 2.69. The Morgan fingerprint density at radius 2 is 2.00 bits per heavy atom. The van der Waals surface area contributed by atoms with Gasteiger partial charge in [-0.05, 0) is 19.3 Å². The van der Waals surface area contributed by atoms with Crippen LogP contribution in [0.15, 0.2) is 0 Å². The molecule has 18 heavy (non-hydrogen) atoms. The summed E-state index contributed by atoms with van der Waals surface area (Å²) in [6.45, 7) is 10.3. The molecule has 0 fully saturated rings. The summed E-state index contributed by atoms with van der Waals surface area (Å²) in [5.74, 6) is -0.120. The van der Waals surface area contributed by atoms with E-state index in [2.05, 4.69) is 10.4 Å². The summed E-state index contributed by atoms with van der Waals surface area (Å²) < 4.78 is 1.82. The van der Waals surface area contributed by atoms with Crippen LogP contribution in [-0.2, 0) is 18.4 Å². The first-order chi connectivity index (χ1) is 8.14. The largest absolute Gasteiger partial charge is 0.351 e. The third-order valence-corrected chi connectivity index (χ3v) is 3.31. The summed E-state index contributed by atoms with van der Waals surface area (Å²) in [4.78, 5) is 11.9. The standard InChI is InChI=1S/C13H24N4O/c1-8-10(9(2)17(6)16-8)7-15-12(18)11(14)13(3,4)5/h11H,7,14H2,1-6H3,(H,15,18). The first-order valence-corrected chi connectivity index (χ1v) is 6.17. The number of aromatic nitrogens is 2. The minimum Gasteiger partial charge on any atom is -0.351 e. The second-order valence-corrected chi connectivity index (χ2v) is 5.83. The summed E-state index contributed by atoms with van der Waals surface area (Å²) in [7, 11) is 1.90. The molecule has 102 valence electrons. The van der Waals surface area contributed by atoms with E-state index in [9.17, 15) is 4.79 Å². The molecule has 0 bridgehead atoms. The highest BCUT2D eigenvalue weighted by Gasteiger charge is 2.27. The van der Waals surface area contributed by atoms with Crippen LogP contribution in [0.25, 0.3) is 0 Å². The maximum atomic E-state index is 11.9. The van der Waals surface area contributed by atoms with Crippen molar-refractivity contribution in [2.75, 3.05) is 0 Å². The van der Waals surface area contributed by atoms with Crippen LogP contribution in [0.2, 0.25) is 0 Å². The molecule has 0 radical (unpaired) electrons. The highest BCUT2D eigenvalue weighted by atomic mass is 16.2. The second-order valence-electron chi connectivity index (χ2n) is 5.83. The van der Waals surface area contributed by atoms with Gasteiger partial charge in [0.25, 0.3) is 0 Å². The second kappa shape index (κ2) is 5.10. The molecule has 0 saturated carbocycles. The molecule has 3 N–H and O–H groups in total. The number of carbonyl (C=O) groups is 1. The lowest BCUT2D eigenvalue weighted by Gasteiger charge is -2.25. The number of hydrogen-bond donors (Lipinski definition) is 2. The van der Waals surface area contributed by atoms with Crippen LogP contribution in [-0.4, -0.2) is 21.7 Å². The molecule has 0 aliphatic heterocycles. The zero-order chi connectivity index (χ0) is 14.1. The summed E-state index contributed by atoms with van der Waals surface area (Å²) in [6, 6.07) is -0.505. The third-order valence-electron chi connectivity index (χ3n) is 3.31. The number of nitrogens with one attached hydrogen (secondary N) is 1. The molecular weight excluding hydrogens is 228 g/mol. The number of nitrogens with two attached hydrogens (primary N) is 1. The quantitative estimate of drug-likeness (QED) is 0.843. The molecule has 1 aromatic heterocycles. The monoisotopic (exact) mass is 252 g/mol. The Hall–Kier alpha value is -1.36. The minimum absolute atomic E-state index is 0.120. The molecule has 1 amide bonds. The van der Waals surface area contributed by atoms with Crippen molar-refractivity contribution in [2.45, 2.75) is 47.2 Å². The number of aryl methyl sites for hydroxylation is 2. The van der Waals surface area contributed by atoms with E-state index in [-0.39, 0.29) is 11.3 Å². The summed E-state index contributed by atoms with van der Waals surface area (Å²) in [5, 5.41) is 7.20. The van der Waals surface area contributed by atoms with Crippen molar-refractivity contribution in [3.05, 3.63) is 17.0 Å². The maximum absolute atomic E-state index is 11.9. The van der Waals surface area contributed by atoms with Gasteiger partial charge in [0, 0.05) is 24.8 Å². The number of amides is 1. The molecular formula is C13H24N4O. The predicted molar refractivity (Wildman–Crippen MR) is 72.0 cm³/mol. The molecule has 5 heteroatoms. The Morgan fingerprint density at radius 3 is 2.39 bits per heavy atom. The zero-order valence-electron chi connectivity index (χ0n) is 12.2. The molecule has 0 saturated heterocycles. The molecule has 5 nitrogen and oxygen atoms in total. The molecule has 1 atom stereocenters. The van der Waals surface area contributed by atoms with Gasteiger partial charge in [0.15, 0.2) is 0 Å². The van der Waals surface area contributed by atoms with Gasteiger partial charge in [0.1, 0.15) is 0 Å². The van der Waals surface area contributed by atoms with Crippen molar-refractivity contribution in [3.63, 3.8) is 0 Å². The topological polar surface area (TPSA) is 72.9 Å². The van der Waals surface area contributed by atoms with Crippen molar-refractivity contribution in [3.8, 4) is 0 Å². The third kappa shape index (κ3) is 3.10. The van der Waals surface area contributed by atoms with Crippen LogP contribution >= 0.6 is 0 Å². The van der Waals surface area contributed by atoms with Crippen molar-refractivity contribution in [1.29, 1.82) is 0 Å². The first-order valence-electron chi connectivity index (χ1n) is 6.17. The number of carbonyl (C=O) groups excluding carboxylic acids is 1. The normalized spacial score (nSPS) is 13.5. The Kier molecular flexibility index (Phi) is 4.16. The van der Waals surface area contributed by atoms with Gasteiger partial charge in [0.05, 0.1) is 11.7 Å². The van der Waals surface area contributed by atoms with Crippen LogP contribution in [0.1, 0.15) is 37.7 Å². The Labute approximate surface area is 109 Å². The molecule has 0 aliphatic rings. The fraction of sp³-hybridized carbons (Fsp3) is 0.692. The molecule has 0 aliphatic carbocycles. The molecule has 1 unspecified atom stereocenters. The Bertz CT molecular complexity index is 443. The molecule has 1 rings (SSSR count). The van der Waals surface area contributed by atoms with E-state index in [1.54, 1.807) is 0 Å². The van der Waals surface area contributed by atoms with E-state index in [0.29, 0.717) is 6.54 Å². The van der Waals surface area contributed by atoms with E-state index >= 15 is 0 Å². The smallest absolute Gasteiger partial charge is 0.237 e. The Morgan fingerprint density at radius 1 is 1.44 bits per heavy atom. The van der Waals surface area contributed by atoms with Gasteiger partial charge in [-0.2, -0.15) is 5.10 Å². The van der Waals surface area contributed by atoms with E-state index < -0.39 is 6.04 Å². The van der Waals surface area contributed by atoms with Gasteiger partial charge in [-0.1, -0.05) is 20.8 Å². The van der Waals surface area contributed by atoms with Crippen molar-refractivity contribution in [2.24, 2.45) is 18.2 Å². The zero-order valence-corrected chi connectivity index (χ0v) is 12.2. The van der Waals surface area contributed by atoms with Crippen molar-refractivity contribution >= 4 is 5.91 Å². The lowest BCUT2D eigenvalue weighted by Crippen LogP contribution is -2.48. The van der Waals surface area contributed by atoms with Gasteiger partial charge < -0.3 is 11.1 Å². The fourth-order valence-corrected chi connectivity index (χ4v) is 1.75. The minimum atomic E-state index is -0.505. The highest BCUT2D eigenvalue weighted by molar-refractivity contribution is 5.82. The van der Waals surface area contributed by atoms with E-state index in [1.807, 2.05) is 46.3 Å². The average molecular weight is 252 g/mol. The van der Waals surface area contributed by atoms with E-state index in [4.69, 9.17) is 5.73 Å². The lowest BCUT2D eigenvalue weighted by atomic mass is 9.87. The summed E-state index contributed by atoms with van der Waals surface area (Å²) in [6.07, 6.45) is 0. The SMILES string of the molecule is Cc1nn(C)c(C)c1CNC(=O)C(N)C(C)(C)C. The molecule has 1 heterocycles. The van der Waals surface area contributed by atoms with Crippen LogP contribution in [0.3, 0.4) is 0 Å². The molecule has 1 aromatic rings. The van der Waals surface area contributed by atoms with E-state index in [0.717, 1.165) is 17.0 Å². The lowest BCUT2D eigenvalue weighted by molar-refractivity contribution is -0.124. The summed E-state index contributed by atoms with van der Waals surface area (Å²) >= 11 is 0. The van der Waals surface area contributed by atoms with Crippen LogP contribution in [0, 0.1) is 19.3 Å². The highest BCUT2D eigenvalue weighted by Crippen LogP contribution is 2.17. The van der Waals surface area contributed by atoms with Crippen molar-refractivity contribution < 1.29 is 4.79 Å². The summed E-state index contributed by atoms with van der Waals surface area (Å²) in [5.41, 5.74) is 8.75. The van der Waals surface area contributed by atoms with Crippen LogP contribution < -0.4 is 11.1 Å². The van der Waals surface area contributed by atoms with Gasteiger partial charge in [-0.15, -0.1) is 0 Å². The number of rotatable bonds is 3. The van der Waals surface area contributed by atoms with Crippen LogP contribution in [0.5, 0.6) is 0 Å². The molecule has 0 aromatic carbocycles. The van der Waals surface area contributed by atoms with Gasteiger partial charge >= 0.3 is 0 Å². The fourth-order valence-electron chi connectivity index (χ4n) is 1.75. The van der Waals surface area contributed by atoms with Gasteiger partial charge in [-0.3, -0.25) is 9.48 Å². The van der Waals surface area contributed by atoms with Gasteiger partial charge in [-0.25, -0.2) is 0 Å². The van der Waals surface area contributed by atoms with Crippen LogP contribution in [0.4, 0.5) is 0 Å².